The molecule has 192 valence electrons. The van der Waals surface area contributed by atoms with Gasteiger partial charge in [0.1, 0.15) is 0 Å². The lowest BCUT2D eigenvalue weighted by molar-refractivity contribution is -0.384. The molecule has 39 heavy (non-hydrogen) atoms. The van der Waals surface area contributed by atoms with E-state index in [1.165, 1.54) is 38.5 Å². The first-order chi connectivity index (χ1) is 18.9. The number of para-hydroxylation sites is 2. The van der Waals surface area contributed by atoms with E-state index in [1.54, 1.807) is 28.8 Å². The molecule has 0 saturated carbocycles. The van der Waals surface area contributed by atoms with E-state index >= 15 is 0 Å². The number of non-ortho nitro benzene ring substituents is 1. The topological polar surface area (TPSA) is 131 Å². The summed E-state index contributed by atoms with van der Waals surface area (Å²) < 4.78 is 11.9. The van der Waals surface area contributed by atoms with Crippen molar-refractivity contribution in [3.8, 4) is 11.4 Å². The summed E-state index contributed by atoms with van der Waals surface area (Å²) in [6.45, 7) is 0. The lowest BCUT2D eigenvalue weighted by Crippen LogP contribution is -2.33. The lowest BCUT2D eigenvalue weighted by atomic mass is 9.84. The molecule has 3 aromatic carbocycles. The van der Waals surface area contributed by atoms with Crippen molar-refractivity contribution in [2.45, 2.75) is 6.04 Å². The second kappa shape index (κ2) is 8.88. The number of ether oxygens (including phenoxy) is 2. The number of nitrogens with zero attached hydrogens (tertiary/aromatic N) is 3. The molecule has 2 aliphatic heterocycles. The number of aromatic nitrogens is 2. The van der Waals surface area contributed by atoms with E-state index in [-0.39, 0.29) is 22.4 Å². The smallest absolute Gasteiger partial charge is 0.337 e. The van der Waals surface area contributed by atoms with Crippen molar-refractivity contribution in [3.63, 3.8) is 0 Å². The molecule has 0 bridgehead atoms. The molecule has 1 atom stereocenters. The zero-order valence-corrected chi connectivity index (χ0v) is 20.7. The molecule has 3 aromatic rings. The Morgan fingerprint density at radius 1 is 0.897 bits per heavy atom. The van der Waals surface area contributed by atoms with E-state index in [0.29, 0.717) is 33.4 Å². The highest BCUT2D eigenvalue weighted by Crippen LogP contribution is 2.51. The molecule has 0 amide bonds. The zero-order chi connectivity index (χ0) is 27.4. The third kappa shape index (κ3) is 3.42. The maximum atomic E-state index is 14.2. The van der Waals surface area contributed by atoms with Gasteiger partial charge in [0, 0.05) is 34.2 Å². The minimum Gasteiger partial charge on any atom is -0.467 e. The molecule has 0 spiro atoms. The Bertz CT molecular complexity index is 1870. The number of nitro groups is 1. The number of allylic oxidation sites excluding steroid dienone is 1. The normalized spacial score (nSPS) is 14.6. The third-order valence-corrected chi connectivity index (χ3v) is 6.98. The Morgan fingerprint density at radius 2 is 1.56 bits per heavy atom. The van der Waals surface area contributed by atoms with Gasteiger partial charge in [-0.25, -0.2) is 14.6 Å². The monoisotopic (exact) mass is 521 g/mol. The summed E-state index contributed by atoms with van der Waals surface area (Å²) in [4.78, 5) is 56.6. The van der Waals surface area contributed by atoms with Crippen molar-refractivity contribution in [2.75, 3.05) is 14.2 Å². The van der Waals surface area contributed by atoms with Gasteiger partial charge in [0.15, 0.2) is 11.8 Å². The summed E-state index contributed by atoms with van der Waals surface area (Å²) in [7, 11) is 2.37. The van der Waals surface area contributed by atoms with Crippen molar-refractivity contribution in [3.05, 3.63) is 99.6 Å². The number of hydrogen-bond donors (Lipinski definition) is 0. The van der Waals surface area contributed by atoms with Crippen LogP contribution in [-0.2, 0) is 19.1 Å². The maximum Gasteiger partial charge on any atom is 0.337 e. The predicted molar refractivity (Wildman–Crippen MR) is 141 cm³/mol. The average molecular weight is 521 g/mol. The first kappa shape index (κ1) is 24.0. The standard InChI is InChI=1S/C29H19N3O7/c1-38-28(34)23-22(27(33)15-11-13-16(14-12-15)32(36)37)21-17-7-3-4-8-18(17)24-25(21)31(26(23)29(35)39-2)20-10-6-5-9-19(20)30-24/h3-14,26H,1-2H3. The lowest BCUT2D eigenvalue weighted by Gasteiger charge is -2.31. The van der Waals surface area contributed by atoms with Crippen LogP contribution >= 0.6 is 0 Å². The number of rotatable bonds is 5. The van der Waals surface area contributed by atoms with Crippen molar-refractivity contribution in [1.82, 2.24) is 9.55 Å². The number of carbonyl (C=O) groups excluding carboxylic acids is 3. The first-order valence-electron chi connectivity index (χ1n) is 11.9. The highest BCUT2D eigenvalue weighted by atomic mass is 16.6. The van der Waals surface area contributed by atoms with Crippen LogP contribution in [0.5, 0.6) is 0 Å². The molecule has 10 nitrogen and oxygen atoms in total. The third-order valence-electron chi connectivity index (χ3n) is 6.98. The molecule has 0 fully saturated rings. The molecule has 6 rings (SSSR count). The predicted octanol–water partition coefficient (Wildman–Crippen LogP) is 4.74. The summed E-state index contributed by atoms with van der Waals surface area (Å²) in [5.74, 6) is -2.26. The second-order valence-electron chi connectivity index (χ2n) is 8.93. The molecular weight excluding hydrogens is 502 g/mol. The van der Waals surface area contributed by atoms with Crippen LogP contribution < -0.4 is 0 Å². The van der Waals surface area contributed by atoms with Crippen LogP contribution in [-0.4, -0.2) is 46.4 Å². The van der Waals surface area contributed by atoms with Gasteiger partial charge in [-0.3, -0.25) is 14.9 Å². The number of carbonyl (C=O) groups is 3. The summed E-state index contributed by atoms with van der Waals surface area (Å²) in [6, 6.07) is 18.2. The largest absolute Gasteiger partial charge is 0.467 e. The Hall–Kier alpha value is -5.38. The number of hydrogen-bond acceptors (Lipinski definition) is 8. The number of nitro benzene ring substituents is 1. The summed E-state index contributed by atoms with van der Waals surface area (Å²) in [6.07, 6.45) is 0. The van der Waals surface area contributed by atoms with Gasteiger partial charge in [-0.1, -0.05) is 36.4 Å². The molecular formula is C29H19N3O7. The van der Waals surface area contributed by atoms with E-state index in [4.69, 9.17) is 14.5 Å². The Morgan fingerprint density at radius 3 is 2.23 bits per heavy atom. The van der Waals surface area contributed by atoms with E-state index in [9.17, 15) is 24.5 Å². The Kier molecular flexibility index (Phi) is 5.46. The fourth-order valence-electron chi connectivity index (χ4n) is 5.33. The molecule has 0 radical (unpaired) electrons. The minimum absolute atomic E-state index is 0.0469. The summed E-state index contributed by atoms with van der Waals surface area (Å²) >= 11 is 0. The molecule has 0 N–H and O–H groups in total. The number of esters is 2. The number of Topliss-reactive ketones (excluding diaryl/α,β-unsaturated/α-hetero) is 1. The van der Waals surface area contributed by atoms with E-state index in [0.717, 1.165) is 5.39 Å². The molecule has 1 aliphatic carbocycles. The number of benzene rings is 3. The summed E-state index contributed by atoms with van der Waals surface area (Å²) in [5, 5.41) is 12.6. The van der Waals surface area contributed by atoms with Crippen molar-refractivity contribution in [1.29, 1.82) is 0 Å². The molecule has 2 heterocycles. The summed E-state index contributed by atoms with van der Waals surface area (Å²) in [5.41, 5.74) is 2.25. The maximum absolute atomic E-state index is 14.2. The van der Waals surface area contributed by atoms with Gasteiger partial charge in [-0.2, -0.15) is 0 Å². The molecule has 3 aliphatic rings. The van der Waals surface area contributed by atoms with E-state index in [2.05, 4.69) is 0 Å². The fourth-order valence-corrected chi connectivity index (χ4v) is 5.33. The van der Waals surface area contributed by atoms with Crippen LogP contribution in [0.4, 0.5) is 5.69 Å². The van der Waals surface area contributed by atoms with Gasteiger partial charge in [0.2, 0.25) is 0 Å². The second-order valence-corrected chi connectivity index (χ2v) is 8.93. The van der Waals surface area contributed by atoms with E-state index in [1.807, 2.05) is 24.3 Å². The van der Waals surface area contributed by atoms with Crippen LogP contribution in [0.25, 0.3) is 38.8 Å². The van der Waals surface area contributed by atoms with Gasteiger partial charge in [0.25, 0.3) is 5.69 Å². The number of methoxy groups -OCH3 is 2. The van der Waals surface area contributed by atoms with Gasteiger partial charge >= 0.3 is 11.9 Å². The van der Waals surface area contributed by atoms with Crippen LogP contribution in [0, 0.1) is 10.1 Å². The number of fused-ring (bicyclic) bond motifs is 5. The van der Waals surface area contributed by atoms with Crippen LogP contribution in [0.2, 0.25) is 0 Å². The molecule has 10 heteroatoms. The SMILES string of the molecule is COC(=O)C1=C(C(=O)c2ccc([N+](=O)[O-])cc2)c2c3n(c4ccccc4nc-3c3ccccc23)C1C(=O)OC. The van der Waals surface area contributed by atoms with Gasteiger partial charge in [-0.05, 0) is 29.7 Å². The molecule has 0 aromatic heterocycles. The first-order valence-corrected chi connectivity index (χ1v) is 11.9. The van der Waals surface area contributed by atoms with E-state index < -0.39 is 28.7 Å². The van der Waals surface area contributed by atoms with Gasteiger partial charge < -0.3 is 14.0 Å². The van der Waals surface area contributed by atoms with Gasteiger partial charge in [0.05, 0.1) is 47.1 Å². The zero-order valence-electron chi connectivity index (χ0n) is 20.7. The highest BCUT2D eigenvalue weighted by Gasteiger charge is 2.45. The van der Waals surface area contributed by atoms with Crippen LogP contribution in [0.15, 0.2) is 78.4 Å². The number of ketones is 1. The Labute approximate surface area is 220 Å². The fraction of sp³-hybridized carbons (Fsp3) is 0.103. The Balaban J connectivity index is 1.79. The van der Waals surface area contributed by atoms with Crippen molar-refractivity contribution < 1.29 is 28.8 Å². The van der Waals surface area contributed by atoms with Crippen LogP contribution in [0.3, 0.4) is 0 Å². The van der Waals surface area contributed by atoms with Crippen LogP contribution in [0.1, 0.15) is 22.0 Å². The average Bonchev–Trinajstić information content (AvgIpc) is 3.30. The van der Waals surface area contributed by atoms with Gasteiger partial charge in [-0.15, -0.1) is 0 Å². The van der Waals surface area contributed by atoms with Crippen molar-refractivity contribution >= 4 is 50.8 Å². The quantitative estimate of drug-likeness (QED) is 0.140. The van der Waals surface area contributed by atoms with Crippen molar-refractivity contribution in [2.24, 2.45) is 0 Å². The minimum atomic E-state index is -1.36. The highest BCUT2D eigenvalue weighted by molar-refractivity contribution is 6.38. The molecule has 0 saturated heterocycles. The molecule has 1 unspecified atom stereocenters.